The average molecular weight is 301 g/mol. The van der Waals surface area contributed by atoms with Gasteiger partial charge in [0.15, 0.2) is 0 Å². The minimum atomic E-state index is -3.77. The molecule has 0 amide bonds. The van der Waals surface area contributed by atoms with Gasteiger partial charge in [-0.3, -0.25) is 4.98 Å². The topological polar surface area (TPSA) is 73.1 Å². The zero-order valence-corrected chi connectivity index (χ0v) is 11.5. The number of halogens is 1. The first-order valence-corrected chi connectivity index (χ1v) is 7.61. The molecule has 2 N–H and O–H groups in total. The molecule has 0 radical (unpaired) electrons. The monoisotopic (exact) mass is 300 g/mol. The Morgan fingerprint density at radius 2 is 1.83 bits per heavy atom. The maximum absolute atomic E-state index is 11.4. The molecule has 1 aromatic heterocycles. The number of aromatic nitrogens is 1. The Morgan fingerprint density at radius 1 is 1.17 bits per heavy atom. The van der Waals surface area contributed by atoms with Gasteiger partial charge in [0, 0.05) is 27.2 Å². The number of hydrogen-bond donors (Lipinski definition) is 1. The van der Waals surface area contributed by atoms with Crippen molar-refractivity contribution in [3.05, 3.63) is 47.7 Å². The van der Waals surface area contributed by atoms with Crippen LogP contribution in [0.5, 0.6) is 0 Å². The minimum absolute atomic E-state index is 0.0185. The number of nitrogens with zero attached hydrogens (tertiary/aromatic N) is 1. The van der Waals surface area contributed by atoms with Gasteiger partial charge in [-0.25, -0.2) is 13.6 Å². The van der Waals surface area contributed by atoms with Crippen molar-refractivity contribution in [3.8, 4) is 0 Å². The standard InChI is InChI=1S/C11H9ClN2O2S2/c12-8-1-3-9(4-2-8)17-10-5-6-14-7-11(10)18(13,15)16/h1-7H,(H2,13,15,16). The van der Waals surface area contributed by atoms with Crippen molar-refractivity contribution in [1.29, 1.82) is 0 Å². The first kappa shape index (κ1) is 13.4. The second-order valence-electron chi connectivity index (χ2n) is 3.42. The number of pyridine rings is 1. The molecule has 0 atom stereocenters. The lowest BCUT2D eigenvalue weighted by Gasteiger charge is -2.06. The predicted octanol–water partition coefficient (Wildman–Crippen LogP) is 2.53. The van der Waals surface area contributed by atoms with Crippen LogP contribution in [0.1, 0.15) is 0 Å². The smallest absolute Gasteiger partial charge is 0.240 e. The van der Waals surface area contributed by atoms with E-state index in [4.69, 9.17) is 16.7 Å². The third-order valence-electron chi connectivity index (χ3n) is 2.09. The van der Waals surface area contributed by atoms with Crippen molar-refractivity contribution in [1.82, 2.24) is 4.98 Å². The maximum atomic E-state index is 11.4. The molecule has 18 heavy (non-hydrogen) atoms. The normalized spacial score (nSPS) is 11.4. The van der Waals surface area contributed by atoms with E-state index in [-0.39, 0.29) is 4.90 Å². The highest BCUT2D eigenvalue weighted by Gasteiger charge is 2.14. The Bertz CT molecular complexity index is 657. The lowest BCUT2D eigenvalue weighted by Crippen LogP contribution is -2.13. The van der Waals surface area contributed by atoms with E-state index in [2.05, 4.69) is 4.98 Å². The number of sulfonamides is 1. The average Bonchev–Trinajstić information content (AvgIpc) is 2.31. The Morgan fingerprint density at radius 3 is 2.44 bits per heavy atom. The molecule has 0 aliphatic rings. The Labute approximate surface area is 114 Å². The zero-order chi connectivity index (χ0) is 13.2. The number of hydrogen-bond acceptors (Lipinski definition) is 4. The van der Waals surface area contributed by atoms with Crippen LogP contribution in [0.15, 0.2) is 57.4 Å². The van der Waals surface area contributed by atoms with E-state index in [0.717, 1.165) is 4.90 Å². The largest absolute Gasteiger partial charge is 0.263 e. The minimum Gasteiger partial charge on any atom is -0.263 e. The summed E-state index contributed by atoms with van der Waals surface area (Å²) in [5.41, 5.74) is 0. The molecule has 0 saturated heterocycles. The van der Waals surface area contributed by atoms with E-state index in [0.29, 0.717) is 9.92 Å². The van der Waals surface area contributed by atoms with Crippen molar-refractivity contribution in [2.24, 2.45) is 5.14 Å². The van der Waals surface area contributed by atoms with Gasteiger partial charge in [0.1, 0.15) is 4.90 Å². The summed E-state index contributed by atoms with van der Waals surface area (Å²) in [5.74, 6) is 0. The summed E-state index contributed by atoms with van der Waals surface area (Å²) in [6.07, 6.45) is 2.76. The lowest BCUT2D eigenvalue weighted by atomic mass is 10.4. The summed E-state index contributed by atoms with van der Waals surface area (Å²) in [5, 5.41) is 5.76. The van der Waals surface area contributed by atoms with Gasteiger partial charge < -0.3 is 0 Å². The van der Waals surface area contributed by atoms with E-state index < -0.39 is 10.0 Å². The zero-order valence-electron chi connectivity index (χ0n) is 9.08. The Kier molecular flexibility index (Phi) is 3.91. The Balaban J connectivity index is 2.38. The van der Waals surface area contributed by atoms with E-state index in [1.807, 2.05) is 0 Å². The van der Waals surface area contributed by atoms with E-state index in [9.17, 15) is 8.42 Å². The van der Waals surface area contributed by atoms with Gasteiger partial charge in [-0.05, 0) is 30.3 Å². The molecule has 4 nitrogen and oxygen atoms in total. The molecule has 2 rings (SSSR count). The van der Waals surface area contributed by atoms with Crippen molar-refractivity contribution in [3.63, 3.8) is 0 Å². The van der Waals surface area contributed by atoms with Crippen LogP contribution in [0.4, 0.5) is 0 Å². The van der Waals surface area contributed by atoms with Crippen LogP contribution >= 0.6 is 23.4 Å². The number of benzene rings is 1. The molecule has 1 aromatic carbocycles. The molecule has 0 bridgehead atoms. The molecule has 0 aliphatic carbocycles. The van der Waals surface area contributed by atoms with E-state index in [1.165, 1.54) is 24.2 Å². The summed E-state index contributed by atoms with van der Waals surface area (Å²) < 4.78 is 22.8. The van der Waals surface area contributed by atoms with Gasteiger partial charge in [-0.15, -0.1) is 0 Å². The highest BCUT2D eigenvalue weighted by molar-refractivity contribution is 8.00. The van der Waals surface area contributed by atoms with Crippen LogP contribution in [-0.4, -0.2) is 13.4 Å². The third-order valence-corrected chi connectivity index (χ3v) is 4.50. The van der Waals surface area contributed by atoms with Crippen LogP contribution in [-0.2, 0) is 10.0 Å². The van der Waals surface area contributed by atoms with E-state index >= 15 is 0 Å². The van der Waals surface area contributed by atoms with Crippen LogP contribution in [0.25, 0.3) is 0 Å². The molecule has 0 aliphatic heterocycles. The first-order valence-electron chi connectivity index (χ1n) is 4.87. The van der Waals surface area contributed by atoms with Crippen molar-refractivity contribution >= 4 is 33.4 Å². The van der Waals surface area contributed by atoms with Crippen LogP contribution in [0, 0.1) is 0 Å². The predicted molar refractivity (Wildman–Crippen MR) is 71.2 cm³/mol. The number of primary sulfonamides is 1. The summed E-state index contributed by atoms with van der Waals surface area (Å²) in [6, 6.07) is 8.70. The first-order chi connectivity index (χ1) is 8.47. The fraction of sp³-hybridized carbons (Fsp3) is 0. The fourth-order valence-electron chi connectivity index (χ4n) is 1.29. The SMILES string of the molecule is NS(=O)(=O)c1cnccc1Sc1ccc(Cl)cc1. The van der Waals surface area contributed by atoms with Gasteiger partial charge in [-0.1, -0.05) is 23.4 Å². The van der Waals surface area contributed by atoms with Crippen molar-refractivity contribution in [2.45, 2.75) is 14.7 Å². The second kappa shape index (κ2) is 5.27. The number of nitrogens with two attached hydrogens (primary N) is 1. The van der Waals surface area contributed by atoms with Gasteiger partial charge >= 0.3 is 0 Å². The lowest BCUT2D eigenvalue weighted by molar-refractivity contribution is 0.595. The molecule has 1 heterocycles. The second-order valence-corrected chi connectivity index (χ2v) is 6.51. The van der Waals surface area contributed by atoms with Crippen LogP contribution in [0.3, 0.4) is 0 Å². The highest BCUT2D eigenvalue weighted by Crippen LogP contribution is 2.32. The quantitative estimate of drug-likeness (QED) is 0.945. The fourth-order valence-corrected chi connectivity index (χ4v) is 3.26. The molecule has 0 saturated carbocycles. The van der Waals surface area contributed by atoms with Crippen molar-refractivity contribution < 1.29 is 8.42 Å². The molecule has 7 heteroatoms. The third kappa shape index (κ3) is 3.23. The van der Waals surface area contributed by atoms with E-state index in [1.54, 1.807) is 30.3 Å². The highest BCUT2D eigenvalue weighted by atomic mass is 35.5. The summed E-state index contributed by atoms with van der Waals surface area (Å²) >= 11 is 7.08. The van der Waals surface area contributed by atoms with Crippen LogP contribution in [0.2, 0.25) is 5.02 Å². The summed E-state index contributed by atoms with van der Waals surface area (Å²) in [4.78, 5) is 5.20. The van der Waals surface area contributed by atoms with Gasteiger partial charge in [0.25, 0.3) is 0 Å². The van der Waals surface area contributed by atoms with Crippen molar-refractivity contribution in [2.75, 3.05) is 0 Å². The molecular weight excluding hydrogens is 292 g/mol. The molecular formula is C11H9ClN2O2S2. The van der Waals surface area contributed by atoms with Crippen LogP contribution < -0.4 is 5.14 Å². The molecule has 0 unspecified atom stereocenters. The van der Waals surface area contributed by atoms with Gasteiger partial charge in [-0.2, -0.15) is 0 Å². The molecule has 2 aromatic rings. The summed E-state index contributed by atoms with van der Waals surface area (Å²) in [6.45, 7) is 0. The van der Waals surface area contributed by atoms with Gasteiger partial charge in [0.05, 0.1) is 0 Å². The molecule has 0 fully saturated rings. The Hall–Kier alpha value is -1.08. The number of rotatable bonds is 3. The summed E-state index contributed by atoms with van der Waals surface area (Å²) in [7, 11) is -3.77. The molecule has 0 spiro atoms. The molecule has 94 valence electrons. The van der Waals surface area contributed by atoms with Gasteiger partial charge in [0.2, 0.25) is 10.0 Å². The maximum Gasteiger partial charge on any atom is 0.240 e.